The van der Waals surface area contributed by atoms with Gasteiger partial charge in [0.25, 0.3) is 0 Å². The third-order valence-corrected chi connectivity index (χ3v) is 11.9. The fraction of sp³-hybridized carbons (Fsp3) is 0. The van der Waals surface area contributed by atoms with E-state index in [-0.39, 0.29) is 0 Å². The zero-order chi connectivity index (χ0) is 40.3. The van der Waals surface area contributed by atoms with Gasteiger partial charge in [-0.2, -0.15) is 0 Å². The van der Waals surface area contributed by atoms with E-state index in [4.69, 9.17) is 19.4 Å². The average molecular weight is 778 g/mol. The minimum Gasteiger partial charge on any atom is -0.456 e. The molecule has 0 N–H and O–H groups in total. The second-order valence-corrected chi connectivity index (χ2v) is 15.5. The molecule has 12 aromatic rings. The highest BCUT2D eigenvalue weighted by molar-refractivity contribution is 6.25. The van der Waals surface area contributed by atoms with E-state index in [1.807, 2.05) is 18.2 Å². The van der Waals surface area contributed by atoms with Gasteiger partial charge in [-0.25, -0.2) is 15.0 Å². The SMILES string of the molecule is c1ccc(-c2ccc(-c3cccc4oc5cc(-c6nc(-c7cccc(-c8ccccc8)c7)nc(-c7ccc8c9ccccc9c9ccccc9c8c7)n6)ccc5c34)cc2)cc1. The summed E-state index contributed by atoms with van der Waals surface area (Å²) in [4.78, 5) is 15.6. The van der Waals surface area contributed by atoms with Gasteiger partial charge < -0.3 is 4.42 Å². The number of benzene rings is 10. The Labute approximate surface area is 352 Å². The second kappa shape index (κ2) is 14.3. The van der Waals surface area contributed by atoms with Crippen molar-refractivity contribution in [2.75, 3.05) is 0 Å². The third kappa shape index (κ3) is 6.04. The molecule has 10 aromatic carbocycles. The normalized spacial score (nSPS) is 11.6. The summed E-state index contributed by atoms with van der Waals surface area (Å²) in [6, 6.07) is 74.6. The second-order valence-electron chi connectivity index (χ2n) is 15.5. The Hall–Kier alpha value is -8.21. The van der Waals surface area contributed by atoms with Crippen LogP contribution in [0.5, 0.6) is 0 Å². The van der Waals surface area contributed by atoms with Crippen molar-refractivity contribution in [2.45, 2.75) is 0 Å². The molecular weight excluding hydrogens is 743 g/mol. The molecule has 0 aliphatic heterocycles. The molecule has 284 valence electrons. The fourth-order valence-corrected chi connectivity index (χ4v) is 8.96. The first kappa shape index (κ1) is 34.8. The van der Waals surface area contributed by atoms with Crippen LogP contribution in [0.4, 0.5) is 0 Å². The van der Waals surface area contributed by atoms with Gasteiger partial charge in [-0.15, -0.1) is 0 Å². The topological polar surface area (TPSA) is 51.8 Å². The van der Waals surface area contributed by atoms with Gasteiger partial charge in [-0.1, -0.05) is 182 Å². The first-order valence-electron chi connectivity index (χ1n) is 20.6. The molecule has 0 unspecified atom stereocenters. The lowest BCUT2D eigenvalue weighted by Gasteiger charge is -2.13. The maximum absolute atomic E-state index is 6.62. The molecule has 4 nitrogen and oxygen atoms in total. The summed E-state index contributed by atoms with van der Waals surface area (Å²) in [5.41, 5.74) is 11.2. The van der Waals surface area contributed by atoms with Gasteiger partial charge in [-0.05, 0) is 96.0 Å². The Morgan fingerprint density at radius 1 is 0.246 bits per heavy atom. The van der Waals surface area contributed by atoms with Gasteiger partial charge in [0.05, 0.1) is 0 Å². The lowest BCUT2D eigenvalue weighted by molar-refractivity contribution is 0.669. The molecule has 12 rings (SSSR count). The summed E-state index contributed by atoms with van der Waals surface area (Å²) in [5.74, 6) is 1.79. The van der Waals surface area contributed by atoms with Crippen molar-refractivity contribution in [3.63, 3.8) is 0 Å². The molecule has 0 atom stereocenters. The summed E-state index contributed by atoms with van der Waals surface area (Å²) in [6.45, 7) is 0. The molecule has 0 saturated carbocycles. The predicted molar refractivity (Wildman–Crippen MR) is 252 cm³/mol. The highest BCUT2D eigenvalue weighted by Crippen LogP contribution is 2.40. The van der Waals surface area contributed by atoms with Crippen LogP contribution < -0.4 is 0 Å². The first-order chi connectivity index (χ1) is 30.2. The van der Waals surface area contributed by atoms with Crippen LogP contribution in [-0.4, -0.2) is 15.0 Å². The van der Waals surface area contributed by atoms with Crippen LogP contribution in [0, 0.1) is 0 Å². The van der Waals surface area contributed by atoms with Gasteiger partial charge in [-0.3, -0.25) is 0 Å². The molecule has 2 heterocycles. The molecule has 0 radical (unpaired) electrons. The zero-order valence-electron chi connectivity index (χ0n) is 33.0. The number of hydrogen-bond donors (Lipinski definition) is 0. The molecule has 0 aliphatic rings. The molecule has 0 spiro atoms. The van der Waals surface area contributed by atoms with Gasteiger partial charge in [0, 0.05) is 27.5 Å². The predicted octanol–water partition coefficient (Wildman–Crippen LogP) is 15.2. The molecular formula is C57H35N3O. The molecule has 0 fully saturated rings. The molecule has 61 heavy (non-hydrogen) atoms. The van der Waals surface area contributed by atoms with Gasteiger partial charge >= 0.3 is 0 Å². The Bertz CT molecular complexity index is 3600. The van der Waals surface area contributed by atoms with Crippen molar-refractivity contribution in [3.05, 3.63) is 212 Å². The molecule has 0 saturated heterocycles. The van der Waals surface area contributed by atoms with E-state index in [1.54, 1.807) is 0 Å². The largest absolute Gasteiger partial charge is 0.456 e. The van der Waals surface area contributed by atoms with Crippen LogP contribution in [-0.2, 0) is 0 Å². The molecule has 0 bridgehead atoms. The van der Waals surface area contributed by atoms with E-state index in [1.165, 1.54) is 38.1 Å². The van der Waals surface area contributed by atoms with Crippen LogP contribution >= 0.6 is 0 Å². The number of furan rings is 1. The zero-order valence-corrected chi connectivity index (χ0v) is 33.0. The highest BCUT2D eigenvalue weighted by atomic mass is 16.3. The fourth-order valence-electron chi connectivity index (χ4n) is 8.96. The van der Waals surface area contributed by atoms with Crippen molar-refractivity contribution in [3.8, 4) is 67.5 Å². The monoisotopic (exact) mass is 777 g/mol. The van der Waals surface area contributed by atoms with Gasteiger partial charge in [0.1, 0.15) is 11.2 Å². The summed E-state index contributed by atoms with van der Waals surface area (Å²) < 4.78 is 6.62. The summed E-state index contributed by atoms with van der Waals surface area (Å²) in [6.07, 6.45) is 0. The van der Waals surface area contributed by atoms with Crippen LogP contribution in [0.3, 0.4) is 0 Å². The Morgan fingerprint density at radius 2 is 0.672 bits per heavy atom. The highest BCUT2D eigenvalue weighted by Gasteiger charge is 2.18. The van der Waals surface area contributed by atoms with E-state index >= 15 is 0 Å². The number of hydrogen-bond acceptors (Lipinski definition) is 4. The summed E-state index contributed by atoms with van der Waals surface area (Å²) >= 11 is 0. The lowest BCUT2D eigenvalue weighted by Crippen LogP contribution is -2.00. The molecule has 0 amide bonds. The van der Waals surface area contributed by atoms with Gasteiger partial charge in [0.15, 0.2) is 17.5 Å². The molecule has 0 aliphatic carbocycles. The van der Waals surface area contributed by atoms with E-state index < -0.39 is 0 Å². The van der Waals surface area contributed by atoms with Crippen molar-refractivity contribution in [2.24, 2.45) is 0 Å². The molecule has 4 heteroatoms. The van der Waals surface area contributed by atoms with Crippen molar-refractivity contribution < 1.29 is 4.42 Å². The van der Waals surface area contributed by atoms with E-state index in [2.05, 4.69) is 194 Å². The quantitative estimate of drug-likeness (QED) is 0.158. The molecule has 2 aromatic heterocycles. The standard InChI is InChI=1S/C57H35N3O/c1-3-13-36(14-4-1)38-25-27-39(28-26-38)44-23-12-24-52-54(44)50-32-30-43(35-53(50)61-52)57-59-55(41-18-11-17-40(33-41)37-15-5-2-6-16-37)58-56(60-57)42-29-31-49-47-21-8-7-19-45(47)46-20-9-10-22-48(46)51(49)34-42/h1-35H. The summed E-state index contributed by atoms with van der Waals surface area (Å²) in [5, 5.41) is 9.39. The minimum absolute atomic E-state index is 0.577. The average Bonchev–Trinajstić information content (AvgIpc) is 3.73. The Balaban J connectivity index is 1.02. The Kier molecular flexibility index (Phi) is 8.13. The number of nitrogens with zero attached hydrogens (tertiary/aromatic N) is 3. The van der Waals surface area contributed by atoms with Crippen molar-refractivity contribution in [1.82, 2.24) is 15.0 Å². The lowest BCUT2D eigenvalue weighted by atomic mass is 9.93. The smallest absolute Gasteiger partial charge is 0.164 e. The number of fused-ring (bicyclic) bond motifs is 9. The van der Waals surface area contributed by atoms with Gasteiger partial charge in [0.2, 0.25) is 0 Å². The minimum atomic E-state index is 0.577. The first-order valence-corrected chi connectivity index (χ1v) is 20.6. The third-order valence-electron chi connectivity index (χ3n) is 11.9. The number of aromatic nitrogens is 3. The Morgan fingerprint density at radius 3 is 1.31 bits per heavy atom. The van der Waals surface area contributed by atoms with Crippen LogP contribution in [0.25, 0.3) is 122 Å². The van der Waals surface area contributed by atoms with E-state index in [0.717, 1.165) is 66.3 Å². The van der Waals surface area contributed by atoms with E-state index in [9.17, 15) is 0 Å². The maximum atomic E-state index is 6.62. The van der Waals surface area contributed by atoms with Crippen LogP contribution in [0.2, 0.25) is 0 Å². The van der Waals surface area contributed by atoms with Crippen molar-refractivity contribution >= 4 is 54.3 Å². The van der Waals surface area contributed by atoms with E-state index in [0.29, 0.717) is 17.5 Å². The van der Waals surface area contributed by atoms with Crippen LogP contribution in [0.15, 0.2) is 217 Å². The number of rotatable bonds is 6. The summed E-state index contributed by atoms with van der Waals surface area (Å²) in [7, 11) is 0. The van der Waals surface area contributed by atoms with Crippen LogP contribution in [0.1, 0.15) is 0 Å². The maximum Gasteiger partial charge on any atom is 0.164 e. The van der Waals surface area contributed by atoms with Crippen molar-refractivity contribution in [1.29, 1.82) is 0 Å².